The molecule has 1 aliphatic carbocycles. The lowest BCUT2D eigenvalue weighted by Gasteiger charge is -2.35. The SMILES string of the molecule is N#CC1(C(=O)N2CCC(OCCc3ccccc3)CC2)CCCC1. The zero-order valence-electron chi connectivity index (χ0n) is 14.2. The zero-order chi connectivity index (χ0) is 16.8. The number of likely N-dealkylation sites (tertiary alicyclic amines) is 1. The normalized spacial score (nSPS) is 20.7. The quantitative estimate of drug-likeness (QED) is 0.834. The van der Waals surface area contributed by atoms with E-state index in [9.17, 15) is 10.1 Å². The Morgan fingerprint density at radius 1 is 1.21 bits per heavy atom. The molecule has 128 valence electrons. The molecule has 1 heterocycles. The van der Waals surface area contributed by atoms with E-state index < -0.39 is 5.41 Å². The Kier molecular flexibility index (Phi) is 5.52. The van der Waals surface area contributed by atoms with Gasteiger partial charge in [0.2, 0.25) is 5.91 Å². The Morgan fingerprint density at radius 2 is 1.88 bits per heavy atom. The fraction of sp³-hybridized carbons (Fsp3) is 0.600. The van der Waals surface area contributed by atoms with Crippen molar-refractivity contribution in [1.29, 1.82) is 5.26 Å². The van der Waals surface area contributed by atoms with Gasteiger partial charge in [-0.1, -0.05) is 43.2 Å². The highest BCUT2D eigenvalue weighted by atomic mass is 16.5. The summed E-state index contributed by atoms with van der Waals surface area (Å²) in [6.07, 6.45) is 6.38. The van der Waals surface area contributed by atoms with E-state index in [-0.39, 0.29) is 12.0 Å². The largest absolute Gasteiger partial charge is 0.378 e. The fourth-order valence-electron chi connectivity index (χ4n) is 3.87. The summed E-state index contributed by atoms with van der Waals surface area (Å²) < 4.78 is 5.99. The summed E-state index contributed by atoms with van der Waals surface area (Å²) in [6, 6.07) is 12.7. The van der Waals surface area contributed by atoms with Crippen molar-refractivity contribution in [3.05, 3.63) is 35.9 Å². The second-order valence-electron chi connectivity index (χ2n) is 7.00. The van der Waals surface area contributed by atoms with E-state index in [1.54, 1.807) is 0 Å². The third kappa shape index (κ3) is 3.79. The van der Waals surface area contributed by atoms with Gasteiger partial charge in [-0.05, 0) is 37.7 Å². The van der Waals surface area contributed by atoms with Crippen molar-refractivity contribution in [2.75, 3.05) is 19.7 Å². The van der Waals surface area contributed by atoms with Gasteiger partial charge in [-0.2, -0.15) is 5.26 Å². The van der Waals surface area contributed by atoms with Crippen LogP contribution in [0.5, 0.6) is 0 Å². The number of amides is 1. The number of nitrogens with zero attached hydrogens (tertiary/aromatic N) is 2. The minimum absolute atomic E-state index is 0.0604. The van der Waals surface area contributed by atoms with Gasteiger partial charge >= 0.3 is 0 Å². The number of nitriles is 1. The van der Waals surface area contributed by atoms with Crippen LogP contribution in [0.3, 0.4) is 0 Å². The Morgan fingerprint density at radius 3 is 2.50 bits per heavy atom. The van der Waals surface area contributed by atoms with Crippen LogP contribution in [0.2, 0.25) is 0 Å². The molecule has 0 unspecified atom stereocenters. The van der Waals surface area contributed by atoms with E-state index in [0.717, 1.165) is 64.6 Å². The molecule has 4 nitrogen and oxygen atoms in total. The van der Waals surface area contributed by atoms with Crippen LogP contribution in [0.15, 0.2) is 30.3 Å². The second-order valence-corrected chi connectivity index (χ2v) is 7.00. The third-order valence-electron chi connectivity index (χ3n) is 5.40. The molecule has 1 aromatic carbocycles. The predicted molar refractivity (Wildman–Crippen MR) is 92.2 cm³/mol. The van der Waals surface area contributed by atoms with Crippen LogP contribution in [0.25, 0.3) is 0 Å². The van der Waals surface area contributed by atoms with Gasteiger partial charge in [-0.3, -0.25) is 4.79 Å². The van der Waals surface area contributed by atoms with Crippen LogP contribution in [-0.2, 0) is 16.0 Å². The number of hydrogen-bond donors (Lipinski definition) is 0. The van der Waals surface area contributed by atoms with Gasteiger partial charge < -0.3 is 9.64 Å². The first-order valence-corrected chi connectivity index (χ1v) is 9.10. The van der Waals surface area contributed by atoms with Crippen LogP contribution in [0.1, 0.15) is 44.1 Å². The molecular weight excluding hydrogens is 300 g/mol. The molecule has 4 heteroatoms. The maximum absolute atomic E-state index is 12.7. The van der Waals surface area contributed by atoms with E-state index in [2.05, 4.69) is 18.2 Å². The minimum Gasteiger partial charge on any atom is -0.378 e. The van der Waals surface area contributed by atoms with Gasteiger partial charge in [0.25, 0.3) is 0 Å². The predicted octanol–water partition coefficient (Wildman–Crippen LogP) is 3.32. The monoisotopic (exact) mass is 326 g/mol. The Balaban J connectivity index is 1.42. The van der Waals surface area contributed by atoms with E-state index >= 15 is 0 Å². The van der Waals surface area contributed by atoms with E-state index in [1.165, 1.54) is 5.56 Å². The minimum atomic E-state index is -0.735. The number of ether oxygens (including phenoxy) is 1. The summed E-state index contributed by atoms with van der Waals surface area (Å²) in [4.78, 5) is 14.6. The van der Waals surface area contributed by atoms with E-state index in [0.29, 0.717) is 0 Å². The Bertz CT molecular complexity index is 579. The van der Waals surface area contributed by atoms with Gasteiger partial charge in [-0.15, -0.1) is 0 Å². The molecule has 0 N–H and O–H groups in total. The van der Waals surface area contributed by atoms with Crippen molar-refractivity contribution in [3.63, 3.8) is 0 Å². The maximum Gasteiger partial charge on any atom is 0.243 e. The number of rotatable bonds is 5. The summed E-state index contributed by atoms with van der Waals surface area (Å²) in [5, 5.41) is 9.47. The van der Waals surface area contributed by atoms with Crippen molar-refractivity contribution >= 4 is 5.91 Å². The van der Waals surface area contributed by atoms with E-state index in [4.69, 9.17) is 4.74 Å². The molecule has 0 aromatic heterocycles. The molecule has 24 heavy (non-hydrogen) atoms. The number of benzene rings is 1. The summed E-state index contributed by atoms with van der Waals surface area (Å²) >= 11 is 0. The molecule has 2 aliphatic rings. The molecule has 1 saturated heterocycles. The highest BCUT2D eigenvalue weighted by Gasteiger charge is 2.44. The standard InChI is InChI=1S/C20H26N2O2/c21-16-20(11-4-5-12-20)19(23)22-13-8-18(9-14-22)24-15-10-17-6-2-1-3-7-17/h1-3,6-7,18H,4-5,8-15H2. The molecule has 2 fully saturated rings. The van der Waals surface area contributed by atoms with Crippen molar-refractivity contribution in [3.8, 4) is 6.07 Å². The van der Waals surface area contributed by atoms with Gasteiger partial charge in [0.05, 0.1) is 18.8 Å². The van der Waals surface area contributed by atoms with Gasteiger partial charge in [0.15, 0.2) is 0 Å². The van der Waals surface area contributed by atoms with E-state index in [1.807, 2.05) is 23.1 Å². The zero-order valence-corrected chi connectivity index (χ0v) is 14.2. The van der Waals surface area contributed by atoms with Crippen LogP contribution >= 0.6 is 0 Å². The molecule has 1 aliphatic heterocycles. The molecule has 1 aromatic rings. The molecule has 0 radical (unpaired) electrons. The lowest BCUT2D eigenvalue weighted by atomic mass is 9.85. The molecular formula is C20H26N2O2. The first-order chi connectivity index (χ1) is 11.7. The molecule has 1 saturated carbocycles. The average Bonchev–Trinajstić information content (AvgIpc) is 3.13. The van der Waals surface area contributed by atoms with Crippen molar-refractivity contribution in [2.24, 2.45) is 5.41 Å². The van der Waals surface area contributed by atoms with Crippen LogP contribution in [0, 0.1) is 16.7 Å². The van der Waals surface area contributed by atoms with Crippen LogP contribution in [0.4, 0.5) is 0 Å². The molecule has 0 spiro atoms. The number of hydrogen-bond acceptors (Lipinski definition) is 3. The second kappa shape index (κ2) is 7.81. The highest BCUT2D eigenvalue weighted by Crippen LogP contribution is 2.39. The Labute approximate surface area is 144 Å². The summed E-state index contributed by atoms with van der Waals surface area (Å²) in [5.41, 5.74) is 0.559. The third-order valence-corrected chi connectivity index (χ3v) is 5.40. The first kappa shape index (κ1) is 17.0. The van der Waals surface area contributed by atoms with Gasteiger partial charge in [0, 0.05) is 13.1 Å². The van der Waals surface area contributed by atoms with Crippen molar-refractivity contribution < 1.29 is 9.53 Å². The molecule has 3 rings (SSSR count). The lowest BCUT2D eigenvalue weighted by Crippen LogP contribution is -2.47. The summed E-state index contributed by atoms with van der Waals surface area (Å²) in [5.74, 6) is 0.0604. The summed E-state index contributed by atoms with van der Waals surface area (Å²) in [6.45, 7) is 2.17. The fourth-order valence-corrected chi connectivity index (χ4v) is 3.87. The average molecular weight is 326 g/mol. The lowest BCUT2D eigenvalue weighted by molar-refractivity contribution is -0.141. The Hall–Kier alpha value is -1.86. The number of carbonyl (C=O) groups is 1. The topological polar surface area (TPSA) is 53.3 Å². The van der Waals surface area contributed by atoms with Gasteiger partial charge in [-0.25, -0.2) is 0 Å². The molecule has 0 atom stereocenters. The van der Waals surface area contributed by atoms with Crippen molar-refractivity contribution in [2.45, 2.75) is 51.0 Å². The van der Waals surface area contributed by atoms with Crippen LogP contribution < -0.4 is 0 Å². The number of carbonyl (C=O) groups excluding carboxylic acids is 1. The number of piperidine rings is 1. The van der Waals surface area contributed by atoms with Crippen molar-refractivity contribution in [1.82, 2.24) is 4.90 Å². The van der Waals surface area contributed by atoms with Gasteiger partial charge in [0.1, 0.15) is 5.41 Å². The summed E-state index contributed by atoms with van der Waals surface area (Å²) in [7, 11) is 0. The molecule has 1 amide bonds. The van der Waals surface area contributed by atoms with Crippen LogP contribution in [-0.4, -0.2) is 36.6 Å². The highest BCUT2D eigenvalue weighted by molar-refractivity contribution is 5.85. The smallest absolute Gasteiger partial charge is 0.243 e. The molecule has 0 bridgehead atoms. The first-order valence-electron chi connectivity index (χ1n) is 9.10. The maximum atomic E-state index is 12.7.